The van der Waals surface area contributed by atoms with Crippen LogP contribution in [0.1, 0.15) is 88.1 Å². The molecule has 0 spiro atoms. The van der Waals surface area contributed by atoms with E-state index in [-0.39, 0.29) is 39.5 Å². The Morgan fingerprint density at radius 1 is 0.633 bits per heavy atom. The van der Waals surface area contributed by atoms with Gasteiger partial charge in [-0.05, 0) is 90.0 Å². The van der Waals surface area contributed by atoms with Crippen LogP contribution < -0.4 is 25.4 Å². The molecule has 0 bridgehead atoms. The number of para-hydroxylation sites is 2. The molecule has 5 aromatic carbocycles. The summed E-state index contributed by atoms with van der Waals surface area (Å²) in [5, 5.41) is 0. The van der Waals surface area contributed by atoms with Crippen molar-refractivity contribution < 1.29 is 20.1 Å². The first-order valence-corrected chi connectivity index (χ1v) is 20.9. The van der Waals surface area contributed by atoms with Gasteiger partial charge in [0.2, 0.25) is 0 Å². The maximum absolute atomic E-state index is 4.88. The van der Waals surface area contributed by atoms with E-state index in [1.165, 1.54) is 44.4 Å². The van der Waals surface area contributed by atoms with Gasteiger partial charge in [0, 0.05) is 50.2 Å². The summed E-state index contributed by atoms with van der Waals surface area (Å²) in [6.07, 6.45) is 5.94. The molecule has 0 aliphatic carbocycles. The standard InChI is InChI=1S/C29H29BN3.C22H25BN3.Ir/c1-21-12-11-13-22(2)28(21)30-32(24-14-7-6-8-15-24)25-16-9-10-17-26(25)33(30)27-20-23(18-19-31-27)29(3,4)5;1-15(2)17-10-8-11-18(16(3)4)21(17)23-25(5)20-12-7-6-9-19(20)22-24-13-14-26(22)23;/h6-16,18-20H,1-5H3;6-8,10-16H,1-5H3;/q2*-1;. The Bertz CT molecular complexity index is 2550. The van der Waals surface area contributed by atoms with Crippen LogP contribution in [-0.4, -0.2) is 35.5 Å². The maximum Gasteiger partial charge on any atom is 0.409 e. The molecule has 0 fully saturated rings. The van der Waals surface area contributed by atoms with Crippen molar-refractivity contribution in [2.75, 3.05) is 21.5 Å². The number of nitrogens with zero attached hydrogens (tertiary/aromatic N) is 6. The number of fused-ring (bicyclic) bond motifs is 4. The van der Waals surface area contributed by atoms with Gasteiger partial charge < -0.3 is 18.9 Å². The SMILES string of the molecule is CC(C)c1cccc(C(C)C)c1B1N(C)c2ccc[c-]c2-c2nccn21.Cc1cccc(C)c1B1N(c2cc(C(C)(C)C)ccn2)c2[c-]cccc2N1c1ccccc1.[Ir]. The molecule has 0 N–H and O–H groups in total. The molecule has 2 aliphatic heterocycles. The van der Waals surface area contributed by atoms with Gasteiger partial charge in [-0.2, -0.15) is 18.2 Å². The fourth-order valence-corrected chi connectivity index (χ4v) is 8.96. The predicted molar refractivity (Wildman–Crippen MR) is 251 cm³/mol. The molecule has 2 aromatic heterocycles. The first-order chi connectivity index (χ1) is 28.4. The van der Waals surface area contributed by atoms with Crippen LogP contribution in [0.4, 0.5) is 28.6 Å². The first kappa shape index (κ1) is 42.8. The van der Waals surface area contributed by atoms with Crippen LogP contribution in [0, 0.1) is 26.0 Å². The van der Waals surface area contributed by atoms with Gasteiger partial charge >= 0.3 is 14.0 Å². The van der Waals surface area contributed by atoms with E-state index in [9.17, 15) is 0 Å². The van der Waals surface area contributed by atoms with E-state index in [0.717, 1.165) is 34.3 Å². The number of imidazole rings is 1. The number of pyridine rings is 1. The van der Waals surface area contributed by atoms with Crippen molar-refractivity contribution in [3.05, 3.63) is 174 Å². The molecule has 9 rings (SSSR count). The fraction of sp³-hybridized carbons (Fsp3) is 0.255. The Hall–Kier alpha value is -5.36. The predicted octanol–water partition coefficient (Wildman–Crippen LogP) is 10.8. The molecule has 2 aliphatic rings. The number of anilines is 5. The molecule has 0 saturated carbocycles. The summed E-state index contributed by atoms with van der Waals surface area (Å²) in [6.45, 7) is 20.3. The molecule has 4 heterocycles. The van der Waals surface area contributed by atoms with Gasteiger partial charge in [-0.15, -0.1) is 30.3 Å². The second kappa shape index (κ2) is 17.3. The van der Waals surface area contributed by atoms with E-state index < -0.39 is 0 Å². The van der Waals surface area contributed by atoms with Gasteiger partial charge in [0.05, 0.1) is 0 Å². The number of hydrogen-bond acceptors (Lipinski definition) is 5. The normalized spacial score (nSPS) is 13.2. The summed E-state index contributed by atoms with van der Waals surface area (Å²) in [6, 6.07) is 47.7. The zero-order chi connectivity index (χ0) is 41.6. The topological polar surface area (TPSA) is 40.4 Å². The van der Waals surface area contributed by atoms with Gasteiger partial charge in [0.25, 0.3) is 0 Å². The number of hydrogen-bond donors (Lipinski definition) is 0. The van der Waals surface area contributed by atoms with Crippen molar-refractivity contribution in [2.45, 2.75) is 79.6 Å². The average Bonchev–Trinajstić information content (AvgIpc) is 3.85. The Labute approximate surface area is 372 Å². The van der Waals surface area contributed by atoms with Crippen LogP contribution in [-0.2, 0) is 25.5 Å². The minimum Gasteiger partial charge on any atom is -0.436 e. The summed E-state index contributed by atoms with van der Waals surface area (Å²) in [5.41, 5.74) is 15.0. The van der Waals surface area contributed by atoms with Gasteiger partial charge in [0.1, 0.15) is 5.82 Å². The Balaban J connectivity index is 0.000000183. The zero-order valence-corrected chi connectivity index (χ0v) is 38.9. The summed E-state index contributed by atoms with van der Waals surface area (Å²) in [7, 11) is 2.18. The molecular formula is C51H54B2IrN6-2. The monoisotopic (exact) mass is 965 g/mol. The van der Waals surface area contributed by atoms with Crippen LogP contribution in [0.2, 0.25) is 0 Å². The van der Waals surface area contributed by atoms with E-state index in [0.29, 0.717) is 11.8 Å². The van der Waals surface area contributed by atoms with Crippen molar-refractivity contribution in [1.82, 2.24) is 14.4 Å². The summed E-state index contributed by atoms with van der Waals surface area (Å²) in [5.74, 6) is 2.87. The second-order valence-corrected chi connectivity index (χ2v) is 17.5. The van der Waals surface area contributed by atoms with Crippen LogP contribution in [0.3, 0.4) is 0 Å². The second-order valence-electron chi connectivity index (χ2n) is 17.5. The van der Waals surface area contributed by atoms with Gasteiger partial charge in [-0.3, -0.25) is 4.98 Å². The molecule has 0 saturated heterocycles. The molecule has 1 radical (unpaired) electrons. The number of aryl methyl sites for hydroxylation is 2. The van der Waals surface area contributed by atoms with Crippen LogP contribution in [0.15, 0.2) is 134 Å². The van der Waals surface area contributed by atoms with Crippen LogP contribution in [0.5, 0.6) is 0 Å². The molecule has 305 valence electrons. The van der Waals surface area contributed by atoms with Crippen molar-refractivity contribution in [1.29, 1.82) is 0 Å². The van der Waals surface area contributed by atoms with E-state index in [2.05, 4.69) is 215 Å². The number of rotatable bonds is 6. The van der Waals surface area contributed by atoms with Crippen molar-refractivity contribution in [3.63, 3.8) is 0 Å². The number of benzene rings is 5. The molecule has 7 aromatic rings. The van der Waals surface area contributed by atoms with E-state index in [4.69, 9.17) is 4.98 Å². The van der Waals surface area contributed by atoms with E-state index in [1.807, 2.05) is 24.5 Å². The third-order valence-electron chi connectivity index (χ3n) is 11.9. The van der Waals surface area contributed by atoms with Crippen molar-refractivity contribution >= 4 is 53.5 Å². The quantitative estimate of drug-likeness (QED) is 0.123. The van der Waals surface area contributed by atoms with E-state index >= 15 is 0 Å². The van der Waals surface area contributed by atoms with Crippen molar-refractivity contribution in [3.8, 4) is 11.4 Å². The zero-order valence-electron chi connectivity index (χ0n) is 36.5. The van der Waals surface area contributed by atoms with Crippen LogP contribution in [0.25, 0.3) is 11.4 Å². The molecule has 60 heavy (non-hydrogen) atoms. The van der Waals surface area contributed by atoms with Gasteiger partial charge in [0.15, 0.2) is 0 Å². The molecule has 9 heteroatoms. The fourth-order valence-electron chi connectivity index (χ4n) is 8.96. The Morgan fingerprint density at radius 3 is 1.92 bits per heavy atom. The largest absolute Gasteiger partial charge is 0.436 e. The third-order valence-corrected chi connectivity index (χ3v) is 11.9. The first-order valence-electron chi connectivity index (χ1n) is 20.9. The Kier molecular flexibility index (Phi) is 12.3. The smallest absolute Gasteiger partial charge is 0.409 e. The summed E-state index contributed by atoms with van der Waals surface area (Å²) in [4.78, 5) is 16.7. The van der Waals surface area contributed by atoms with Crippen molar-refractivity contribution in [2.24, 2.45) is 0 Å². The van der Waals surface area contributed by atoms with Gasteiger partial charge in [-0.25, -0.2) is 4.98 Å². The molecule has 0 atom stereocenters. The molecular weight excluding hydrogens is 910 g/mol. The molecule has 0 amide bonds. The molecule has 6 nitrogen and oxygen atoms in total. The summed E-state index contributed by atoms with van der Waals surface area (Å²) < 4.78 is 2.30. The summed E-state index contributed by atoms with van der Waals surface area (Å²) >= 11 is 0. The average molecular weight is 965 g/mol. The number of aromatic nitrogens is 3. The van der Waals surface area contributed by atoms with Gasteiger partial charge in [-0.1, -0.05) is 137 Å². The Morgan fingerprint density at radius 2 is 1.27 bits per heavy atom. The van der Waals surface area contributed by atoms with Crippen LogP contribution >= 0.6 is 0 Å². The van der Waals surface area contributed by atoms with E-state index in [1.54, 1.807) is 0 Å². The minimum absolute atomic E-state index is 0. The minimum atomic E-state index is -0.0648. The third kappa shape index (κ3) is 7.74. The maximum atomic E-state index is 4.88. The molecule has 0 unspecified atom stereocenters.